The summed E-state index contributed by atoms with van der Waals surface area (Å²) in [5.41, 5.74) is 0.916. The van der Waals surface area contributed by atoms with Crippen LogP contribution in [0, 0.1) is 6.92 Å². The molecule has 1 saturated heterocycles. The van der Waals surface area contributed by atoms with Crippen LogP contribution in [-0.2, 0) is 4.79 Å². The number of carbonyl (C=O) groups excluding carboxylic acids is 1. The third-order valence-electron chi connectivity index (χ3n) is 2.26. The van der Waals surface area contributed by atoms with E-state index in [0.717, 1.165) is 5.56 Å². The van der Waals surface area contributed by atoms with Crippen molar-refractivity contribution in [2.24, 2.45) is 0 Å². The number of anilines is 1. The van der Waals surface area contributed by atoms with Crippen LogP contribution in [0.3, 0.4) is 0 Å². The lowest BCUT2D eigenvalue weighted by Crippen LogP contribution is -2.23. The first-order valence-corrected chi connectivity index (χ1v) is 5.05. The molecule has 80 valence electrons. The molecule has 0 radical (unpaired) electrons. The van der Waals surface area contributed by atoms with E-state index >= 15 is 0 Å². The zero-order chi connectivity index (χ0) is 10.8. The fourth-order valence-corrected chi connectivity index (χ4v) is 1.60. The molecule has 6 heteroatoms. The monoisotopic (exact) mass is 226 g/mol. The summed E-state index contributed by atoms with van der Waals surface area (Å²) in [5, 5.41) is 6.12. The number of rotatable bonds is 2. The smallest absolute Gasteiger partial charge is 0.224 e. The van der Waals surface area contributed by atoms with Crippen LogP contribution in [0.15, 0.2) is 6.20 Å². The third kappa shape index (κ3) is 2.36. The average Bonchev–Trinajstić information content (AvgIpc) is 2.58. The molecule has 1 unspecified atom stereocenters. The SMILES string of the molecule is Cc1cnc(Cl)nc1NC1CNC(=O)C1. The van der Waals surface area contributed by atoms with E-state index in [1.54, 1.807) is 6.20 Å². The molecule has 1 fully saturated rings. The van der Waals surface area contributed by atoms with Gasteiger partial charge in [0.05, 0.1) is 6.04 Å². The normalized spacial score (nSPS) is 20.1. The Bertz CT molecular complexity index is 396. The molecule has 1 aliphatic rings. The molecule has 2 rings (SSSR count). The molecule has 1 aliphatic heterocycles. The van der Waals surface area contributed by atoms with Gasteiger partial charge in [0.25, 0.3) is 0 Å². The van der Waals surface area contributed by atoms with Gasteiger partial charge in [-0.1, -0.05) is 0 Å². The molecular formula is C9H11ClN4O. The Morgan fingerprint density at radius 1 is 1.67 bits per heavy atom. The van der Waals surface area contributed by atoms with Gasteiger partial charge in [-0.3, -0.25) is 4.79 Å². The summed E-state index contributed by atoms with van der Waals surface area (Å²) in [6.45, 7) is 2.52. The van der Waals surface area contributed by atoms with Crippen molar-refractivity contribution in [2.75, 3.05) is 11.9 Å². The van der Waals surface area contributed by atoms with Crippen LogP contribution in [0.2, 0.25) is 5.28 Å². The summed E-state index contributed by atoms with van der Waals surface area (Å²) >= 11 is 5.69. The van der Waals surface area contributed by atoms with Crippen molar-refractivity contribution in [1.29, 1.82) is 0 Å². The molecule has 1 aromatic rings. The molecule has 1 aromatic heterocycles. The highest BCUT2D eigenvalue weighted by Gasteiger charge is 2.21. The Morgan fingerprint density at radius 2 is 2.47 bits per heavy atom. The third-order valence-corrected chi connectivity index (χ3v) is 2.44. The second-order valence-corrected chi connectivity index (χ2v) is 3.86. The van der Waals surface area contributed by atoms with E-state index < -0.39 is 0 Å². The standard InChI is InChI=1S/C9H11ClN4O/c1-5-3-12-9(10)14-8(5)13-6-2-7(15)11-4-6/h3,6H,2,4H2,1H3,(H,11,15)(H,12,13,14). The van der Waals surface area contributed by atoms with E-state index in [2.05, 4.69) is 20.6 Å². The van der Waals surface area contributed by atoms with Gasteiger partial charge in [-0.25, -0.2) is 9.97 Å². The van der Waals surface area contributed by atoms with Gasteiger partial charge in [-0.15, -0.1) is 0 Å². The molecule has 0 spiro atoms. The number of nitrogens with zero attached hydrogens (tertiary/aromatic N) is 2. The van der Waals surface area contributed by atoms with Crippen molar-refractivity contribution >= 4 is 23.3 Å². The van der Waals surface area contributed by atoms with E-state index in [-0.39, 0.29) is 17.2 Å². The fraction of sp³-hybridized carbons (Fsp3) is 0.444. The van der Waals surface area contributed by atoms with Crippen molar-refractivity contribution in [1.82, 2.24) is 15.3 Å². The molecule has 1 amide bonds. The van der Waals surface area contributed by atoms with Crippen molar-refractivity contribution in [3.8, 4) is 0 Å². The van der Waals surface area contributed by atoms with Crippen LogP contribution in [0.25, 0.3) is 0 Å². The maximum absolute atomic E-state index is 11.0. The Hall–Kier alpha value is -1.36. The summed E-state index contributed by atoms with van der Waals surface area (Å²) in [4.78, 5) is 18.9. The van der Waals surface area contributed by atoms with Crippen molar-refractivity contribution in [3.05, 3.63) is 17.0 Å². The second-order valence-electron chi connectivity index (χ2n) is 3.52. The van der Waals surface area contributed by atoms with Gasteiger partial charge < -0.3 is 10.6 Å². The van der Waals surface area contributed by atoms with Crippen LogP contribution < -0.4 is 10.6 Å². The van der Waals surface area contributed by atoms with Crippen LogP contribution in [-0.4, -0.2) is 28.5 Å². The van der Waals surface area contributed by atoms with Gasteiger partial charge >= 0.3 is 0 Å². The lowest BCUT2D eigenvalue weighted by Gasteiger charge is -2.12. The number of hydrogen-bond acceptors (Lipinski definition) is 4. The highest BCUT2D eigenvalue weighted by molar-refractivity contribution is 6.28. The minimum atomic E-state index is 0.0605. The Labute approximate surface area is 92.3 Å². The molecule has 1 atom stereocenters. The number of aryl methyl sites for hydroxylation is 1. The molecule has 0 saturated carbocycles. The van der Waals surface area contributed by atoms with Crippen LogP contribution >= 0.6 is 11.6 Å². The van der Waals surface area contributed by atoms with Gasteiger partial charge in [-0.2, -0.15) is 0 Å². The molecule has 5 nitrogen and oxygen atoms in total. The quantitative estimate of drug-likeness (QED) is 0.730. The summed E-state index contributed by atoms with van der Waals surface area (Å²) in [5.74, 6) is 0.752. The highest BCUT2D eigenvalue weighted by atomic mass is 35.5. The van der Waals surface area contributed by atoms with Gasteiger partial charge in [0.15, 0.2) is 0 Å². The maximum atomic E-state index is 11.0. The van der Waals surface area contributed by atoms with E-state index in [9.17, 15) is 4.79 Å². The van der Waals surface area contributed by atoms with E-state index in [0.29, 0.717) is 18.8 Å². The Morgan fingerprint density at radius 3 is 3.13 bits per heavy atom. The lowest BCUT2D eigenvalue weighted by molar-refractivity contribution is -0.119. The number of aromatic nitrogens is 2. The predicted molar refractivity (Wildman–Crippen MR) is 56.8 cm³/mol. The zero-order valence-electron chi connectivity index (χ0n) is 8.25. The minimum Gasteiger partial charge on any atom is -0.365 e. The van der Waals surface area contributed by atoms with Crippen molar-refractivity contribution < 1.29 is 4.79 Å². The highest BCUT2D eigenvalue weighted by Crippen LogP contribution is 2.15. The molecule has 0 aromatic carbocycles. The number of halogens is 1. The van der Waals surface area contributed by atoms with Gasteiger partial charge in [0.2, 0.25) is 11.2 Å². The van der Waals surface area contributed by atoms with Gasteiger partial charge in [-0.05, 0) is 18.5 Å². The molecule has 15 heavy (non-hydrogen) atoms. The van der Waals surface area contributed by atoms with Crippen LogP contribution in [0.1, 0.15) is 12.0 Å². The largest absolute Gasteiger partial charge is 0.365 e. The molecule has 0 aliphatic carbocycles. The molecule has 0 bridgehead atoms. The van der Waals surface area contributed by atoms with Crippen molar-refractivity contribution in [2.45, 2.75) is 19.4 Å². The first-order chi connectivity index (χ1) is 7.15. The molecular weight excluding hydrogens is 216 g/mol. The fourth-order valence-electron chi connectivity index (χ4n) is 1.47. The Kier molecular flexibility index (Phi) is 2.73. The predicted octanol–water partition coefficient (Wildman–Crippen LogP) is 0.739. The summed E-state index contributed by atoms with van der Waals surface area (Å²) in [6.07, 6.45) is 2.13. The molecule has 2 N–H and O–H groups in total. The number of amides is 1. The second kappa shape index (κ2) is 4.02. The first-order valence-electron chi connectivity index (χ1n) is 4.67. The zero-order valence-corrected chi connectivity index (χ0v) is 9.01. The van der Waals surface area contributed by atoms with Gasteiger partial charge in [0, 0.05) is 24.7 Å². The number of carbonyl (C=O) groups is 1. The topological polar surface area (TPSA) is 66.9 Å². The average molecular weight is 227 g/mol. The first kappa shape index (κ1) is 10.2. The lowest BCUT2D eigenvalue weighted by atomic mass is 10.2. The van der Waals surface area contributed by atoms with Crippen molar-refractivity contribution in [3.63, 3.8) is 0 Å². The molecule has 2 heterocycles. The van der Waals surface area contributed by atoms with E-state index in [1.807, 2.05) is 6.92 Å². The Balaban J connectivity index is 2.10. The summed E-state index contributed by atoms with van der Waals surface area (Å²) in [7, 11) is 0. The summed E-state index contributed by atoms with van der Waals surface area (Å²) < 4.78 is 0. The number of nitrogens with one attached hydrogen (secondary N) is 2. The number of hydrogen-bond donors (Lipinski definition) is 2. The minimum absolute atomic E-state index is 0.0605. The van der Waals surface area contributed by atoms with E-state index in [1.165, 1.54) is 0 Å². The van der Waals surface area contributed by atoms with E-state index in [4.69, 9.17) is 11.6 Å². The van der Waals surface area contributed by atoms with Gasteiger partial charge in [0.1, 0.15) is 5.82 Å². The summed E-state index contributed by atoms with van der Waals surface area (Å²) in [6, 6.07) is 0.0853. The maximum Gasteiger partial charge on any atom is 0.224 e. The van der Waals surface area contributed by atoms with Crippen LogP contribution in [0.4, 0.5) is 5.82 Å². The van der Waals surface area contributed by atoms with Crippen LogP contribution in [0.5, 0.6) is 0 Å².